The van der Waals surface area contributed by atoms with E-state index in [1.165, 1.54) is 19.3 Å². The van der Waals surface area contributed by atoms with E-state index in [4.69, 9.17) is 18.9 Å². The standard InChI is InChI=1S/C26H33NO6/c1-15-23-19(27-24(15)26(29)33-14-16-8-6-5-7-9-16)10-17(11-20(23)28)18-12-21(30-2)25(32-4)22(13-18)31-3/h12-13,16-17,27H,5-11,14H2,1-4H3/t17-/m0/s1. The summed E-state index contributed by atoms with van der Waals surface area (Å²) >= 11 is 0. The average Bonchev–Trinajstić information content (AvgIpc) is 3.18. The van der Waals surface area contributed by atoms with Crippen LogP contribution in [0.1, 0.15) is 82.1 Å². The smallest absolute Gasteiger partial charge is 0.355 e. The maximum Gasteiger partial charge on any atom is 0.355 e. The summed E-state index contributed by atoms with van der Waals surface area (Å²) < 4.78 is 22.0. The Morgan fingerprint density at radius 3 is 2.27 bits per heavy atom. The molecule has 4 rings (SSSR count). The lowest BCUT2D eigenvalue weighted by molar-refractivity contribution is 0.0403. The topological polar surface area (TPSA) is 86.9 Å². The van der Waals surface area contributed by atoms with E-state index in [0.29, 0.717) is 59.4 Å². The highest BCUT2D eigenvalue weighted by atomic mass is 16.5. The van der Waals surface area contributed by atoms with Crippen molar-refractivity contribution in [3.05, 3.63) is 40.2 Å². The van der Waals surface area contributed by atoms with Gasteiger partial charge in [0.25, 0.3) is 0 Å². The molecule has 1 saturated carbocycles. The zero-order chi connectivity index (χ0) is 23.5. The number of rotatable bonds is 7. The molecule has 2 aliphatic carbocycles. The summed E-state index contributed by atoms with van der Waals surface area (Å²) in [7, 11) is 4.71. The van der Waals surface area contributed by atoms with E-state index < -0.39 is 0 Å². The predicted molar refractivity (Wildman–Crippen MR) is 124 cm³/mol. The molecule has 0 bridgehead atoms. The van der Waals surface area contributed by atoms with Gasteiger partial charge >= 0.3 is 5.97 Å². The summed E-state index contributed by atoms with van der Waals surface area (Å²) in [4.78, 5) is 29.1. The molecule has 1 fully saturated rings. The van der Waals surface area contributed by atoms with Crippen LogP contribution >= 0.6 is 0 Å². The molecule has 0 radical (unpaired) electrons. The first-order valence-corrected chi connectivity index (χ1v) is 11.7. The zero-order valence-electron chi connectivity index (χ0n) is 19.9. The average molecular weight is 456 g/mol. The molecule has 1 aromatic heterocycles. The van der Waals surface area contributed by atoms with Crippen LogP contribution in [0.15, 0.2) is 12.1 Å². The van der Waals surface area contributed by atoms with Gasteiger partial charge in [-0.1, -0.05) is 19.3 Å². The summed E-state index contributed by atoms with van der Waals surface area (Å²) in [6.45, 7) is 2.27. The van der Waals surface area contributed by atoms with Crippen molar-refractivity contribution >= 4 is 11.8 Å². The number of Topliss-reactive ketones (excluding diaryl/α,β-unsaturated/α-hetero) is 1. The largest absolute Gasteiger partial charge is 0.493 e. The van der Waals surface area contributed by atoms with E-state index in [9.17, 15) is 9.59 Å². The summed E-state index contributed by atoms with van der Waals surface area (Å²) in [5, 5.41) is 0. The molecule has 0 unspecified atom stereocenters. The molecule has 1 atom stereocenters. The molecular formula is C26H33NO6. The molecule has 0 aliphatic heterocycles. The van der Waals surface area contributed by atoms with Crippen molar-refractivity contribution < 1.29 is 28.5 Å². The van der Waals surface area contributed by atoms with Gasteiger partial charge in [-0.05, 0) is 61.3 Å². The van der Waals surface area contributed by atoms with Gasteiger partial charge in [-0.3, -0.25) is 4.79 Å². The molecule has 0 saturated heterocycles. The Morgan fingerprint density at radius 2 is 1.67 bits per heavy atom. The van der Waals surface area contributed by atoms with Crippen molar-refractivity contribution in [2.75, 3.05) is 27.9 Å². The van der Waals surface area contributed by atoms with Crippen LogP contribution in [0.2, 0.25) is 0 Å². The van der Waals surface area contributed by atoms with E-state index in [-0.39, 0.29) is 17.7 Å². The van der Waals surface area contributed by atoms with Gasteiger partial charge in [0.05, 0.1) is 27.9 Å². The number of carbonyl (C=O) groups is 2. The van der Waals surface area contributed by atoms with Crippen molar-refractivity contribution in [2.24, 2.45) is 5.92 Å². The van der Waals surface area contributed by atoms with Crippen LogP contribution in [-0.2, 0) is 11.2 Å². The molecule has 1 N–H and O–H groups in total. The van der Waals surface area contributed by atoms with Gasteiger partial charge < -0.3 is 23.9 Å². The van der Waals surface area contributed by atoms with Crippen molar-refractivity contribution in [1.29, 1.82) is 0 Å². The summed E-state index contributed by atoms with van der Waals surface area (Å²) in [6.07, 6.45) is 6.86. The van der Waals surface area contributed by atoms with E-state index in [1.807, 2.05) is 19.1 Å². The second kappa shape index (κ2) is 9.89. The Kier molecular flexibility index (Phi) is 6.96. The highest BCUT2D eigenvalue weighted by Crippen LogP contribution is 2.43. The lowest BCUT2D eigenvalue weighted by atomic mass is 9.81. The maximum atomic E-state index is 13.1. The predicted octanol–water partition coefficient (Wildman–Crippen LogP) is 5.00. The van der Waals surface area contributed by atoms with Crippen molar-refractivity contribution in [3.63, 3.8) is 0 Å². The number of methoxy groups -OCH3 is 3. The molecular weight excluding hydrogens is 422 g/mol. The minimum Gasteiger partial charge on any atom is -0.493 e. The third-order valence-electron chi connectivity index (χ3n) is 7.03. The molecule has 7 nitrogen and oxygen atoms in total. The summed E-state index contributed by atoms with van der Waals surface area (Å²) in [5.74, 6) is 1.66. The second-order valence-corrected chi connectivity index (χ2v) is 9.07. The Balaban J connectivity index is 1.55. The summed E-state index contributed by atoms with van der Waals surface area (Å²) in [5.41, 5.74) is 3.43. The van der Waals surface area contributed by atoms with Crippen molar-refractivity contribution in [2.45, 2.75) is 57.8 Å². The van der Waals surface area contributed by atoms with Crippen molar-refractivity contribution in [3.8, 4) is 17.2 Å². The Hall–Kier alpha value is -2.96. The first-order chi connectivity index (χ1) is 16.0. The number of ketones is 1. The number of esters is 1. The van der Waals surface area contributed by atoms with Gasteiger partial charge in [-0.15, -0.1) is 0 Å². The Morgan fingerprint density at radius 1 is 1.00 bits per heavy atom. The van der Waals surface area contributed by atoms with Gasteiger partial charge in [0.15, 0.2) is 17.3 Å². The first kappa shape index (κ1) is 23.2. The molecule has 1 aromatic carbocycles. The summed E-state index contributed by atoms with van der Waals surface area (Å²) in [6, 6.07) is 3.78. The van der Waals surface area contributed by atoms with Gasteiger partial charge in [0.2, 0.25) is 5.75 Å². The highest BCUT2D eigenvalue weighted by molar-refractivity contribution is 6.03. The van der Waals surface area contributed by atoms with Crippen LogP contribution < -0.4 is 14.2 Å². The molecule has 0 spiro atoms. The lowest BCUT2D eigenvalue weighted by Gasteiger charge is -2.24. The maximum absolute atomic E-state index is 13.1. The number of hydrogen-bond acceptors (Lipinski definition) is 6. The van der Waals surface area contributed by atoms with E-state index in [0.717, 1.165) is 24.1 Å². The van der Waals surface area contributed by atoms with E-state index >= 15 is 0 Å². The fraction of sp³-hybridized carbons (Fsp3) is 0.538. The number of fused-ring (bicyclic) bond motifs is 1. The number of ether oxygens (including phenoxy) is 4. The van der Waals surface area contributed by atoms with Crippen LogP contribution in [0.3, 0.4) is 0 Å². The number of H-pyrrole nitrogens is 1. The van der Waals surface area contributed by atoms with Gasteiger partial charge in [0.1, 0.15) is 5.69 Å². The number of aromatic nitrogens is 1. The van der Waals surface area contributed by atoms with E-state index in [1.54, 1.807) is 21.3 Å². The third kappa shape index (κ3) is 4.59. The fourth-order valence-electron chi connectivity index (χ4n) is 5.23. The molecule has 33 heavy (non-hydrogen) atoms. The number of hydrogen-bond donors (Lipinski definition) is 1. The van der Waals surface area contributed by atoms with Crippen LogP contribution in [0, 0.1) is 12.8 Å². The number of benzene rings is 1. The van der Waals surface area contributed by atoms with Gasteiger partial charge in [0, 0.05) is 17.7 Å². The molecule has 7 heteroatoms. The Bertz CT molecular complexity index is 1010. The van der Waals surface area contributed by atoms with Crippen molar-refractivity contribution in [1.82, 2.24) is 4.98 Å². The molecule has 0 amide bonds. The quantitative estimate of drug-likeness (QED) is 0.592. The minimum atomic E-state index is -0.371. The van der Waals surface area contributed by atoms with Gasteiger partial charge in [-0.2, -0.15) is 0 Å². The molecule has 178 valence electrons. The minimum absolute atomic E-state index is 0.0232. The van der Waals surface area contributed by atoms with Crippen LogP contribution in [0.5, 0.6) is 17.2 Å². The van der Waals surface area contributed by atoms with Crippen LogP contribution in [-0.4, -0.2) is 44.7 Å². The zero-order valence-corrected chi connectivity index (χ0v) is 19.9. The molecule has 2 aromatic rings. The SMILES string of the molecule is COc1cc([C@@H]2CC(=O)c3c([nH]c(C(=O)OCC4CCCCC4)c3C)C2)cc(OC)c1OC. The first-order valence-electron chi connectivity index (χ1n) is 11.7. The molecule has 1 heterocycles. The second-order valence-electron chi connectivity index (χ2n) is 9.07. The number of aromatic amines is 1. The number of nitrogens with one attached hydrogen (secondary N) is 1. The highest BCUT2D eigenvalue weighted by Gasteiger charge is 2.33. The van der Waals surface area contributed by atoms with Gasteiger partial charge in [-0.25, -0.2) is 4.79 Å². The lowest BCUT2D eigenvalue weighted by Crippen LogP contribution is -2.19. The monoisotopic (exact) mass is 455 g/mol. The molecule has 2 aliphatic rings. The normalized spacial score (nSPS) is 18.5. The van der Waals surface area contributed by atoms with Crippen LogP contribution in [0.4, 0.5) is 0 Å². The van der Waals surface area contributed by atoms with Crippen LogP contribution in [0.25, 0.3) is 0 Å². The fourth-order valence-corrected chi connectivity index (χ4v) is 5.23. The number of carbonyl (C=O) groups excluding carboxylic acids is 2. The van der Waals surface area contributed by atoms with E-state index in [2.05, 4.69) is 4.98 Å². The third-order valence-corrected chi connectivity index (χ3v) is 7.03. The Labute approximate surface area is 194 Å².